The maximum absolute atomic E-state index is 12.7. The zero-order chi connectivity index (χ0) is 19.3. The van der Waals surface area contributed by atoms with Gasteiger partial charge in [-0.2, -0.15) is 0 Å². The molecule has 0 aliphatic carbocycles. The summed E-state index contributed by atoms with van der Waals surface area (Å²) in [7, 11) is 1.54. The largest absolute Gasteiger partial charge is 0.493 e. The minimum atomic E-state index is -0.281. The number of ether oxygens (including phenoxy) is 4. The zero-order valence-electron chi connectivity index (χ0n) is 15.3. The lowest BCUT2D eigenvalue weighted by Gasteiger charge is -2.13. The van der Waals surface area contributed by atoms with Crippen LogP contribution in [-0.4, -0.2) is 19.8 Å². The van der Waals surface area contributed by atoms with E-state index in [2.05, 4.69) is 5.32 Å². The van der Waals surface area contributed by atoms with Crippen LogP contribution < -0.4 is 24.3 Å². The SMILES string of the molecule is COc1cc(C(=O)Nc2cccc3c2OCO3)ccc1OCc1ccccc1. The first kappa shape index (κ1) is 17.7. The highest BCUT2D eigenvalue weighted by atomic mass is 16.7. The van der Waals surface area contributed by atoms with E-state index in [4.69, 9.17) is 18.9 Å². The maximum Gasteiger partial charge on any atom is 0.255 e. The van der Waals surface area contributed by atoms with E-state index in [9.17, 15) is 4.79 Å². The van der Waals surface area contributed by atoms with Crippen molar-refractivity contribution in [1.82, 2.24) is 0 Å². The monoisotopic (exact) mass is 377 g/mol. The highest BCUT2D eigenvalue weighted by molar-refractivity contribution is 6.05. The first-order valence-corrected chi connectivity index (χ1v) is 8.79. The second kappa shape index (κ2) is 7.92. The van der Waals surface area contributed by atoms with Gasteiger partial charge in [-0.1, -0.05) is 36.4 Å². The fourth-order valence-corrected chi connectivity index (χ4v) is 2.89. The van der Waals surface area contributed by atoms with Crippen LogP contribution in [0.2, 0.25) is 0 Å². The van der Waals surface area contributed by atoms with Crippen molar-refractivity contribution >= 4 is 11.6 Å². The lowest BCUT2D eigenvalue weighted by atomic mass is 10.1. The molecule has 3 aromatic carbocycles. The topological polar surface area (TPSA) is 66.0 Å². The molecule has 6 heteroatoms. The highest BCUT2D eigenvalue weighted by Gasteiger charge is 2.19. The number of fused-ring (bicyclic) bond motifs is 1. The van der Waals surface area contributed by atoms with Gasteiger partial charge in [-0.05, 0) is 35.9 Å². The van der Waals surface area contributed by atoms with Gasteiger partial charge in [0.15, 0.2) is 23.0 Å². The van der Waals surface area contributed by atoms with Crippen LogP contribution in [0.15, 0.2) is 66.7 Å². The molecule has 0 saturated carbocycles. The first-order valence-electron chi connectivity index (χ1n) is 8.79. The van der Waals surface area contributed by atoms with Crippen LogP contribution in [0, 0.1) is 0 Å². The fraction of sp³-hybridized carbons (Fsp3) is 0.136. The molecule has 0 unspecified atom stereocenters. The van der Waals surface area contributed by atoms with Gasteiger partial charge in [0, 0.05) is 5.56 Å². The smallest absolute Gasteiger partial charge is 0.255 e. The molecule has 0 saturated heterocycles. The molecule has 142 valence electrons. The normalized spacial score (nSPS) is 11.8. The number of carbonyl (C=O) groups is 1. The number of amides is 1. The fourth-order valence-electron chi connectivity index (χ4n) is 2.89. The van der Waals surface area contributed by atoms with E-state index in [1.807, 2.05) is 30.3 Å². The third-order valence-electron chi connectivity index (χ3n) is 4.31. The number of rotatable bonds is 6. The molecule has 1 aliphatic rings. The Kier molecular flexibility index (Phi) is 5.01. The number of para-hydroxylation sites is 1. The average Bonchev–Trinajstić information content (AvgIpc) is 3.23. The van der Waals surface area contributed by atoms with Crippen molar-refractivity contribution in [2.45, 2.75) is 6.61 Å². The average molecular weight is 377 g/mol. The van der Waals surface area contributed by atoms with Crippen molar-refractivity contribution in [3.05, 3.63) is 77.9 Å². The molecule has 0 aromatic heterocycles. The van der Waals surface area contributed by atoms with Crippen molar-refractivity contribution in [1.29, 1.82) is 0 Å². The van der Waals surface area contributed by atoms with Crippen LogP contribution in [-0.2, 0) is 6.61 Å². The molecule has 28 heavy (non-hydrogen) atoms. The molecule has 1 heterocycles. The van der Waals surface area contributed by atoms with E-state index in [1.54, 1.807) is 43.5 Å². The van der Waals surface area contributed by atoms with Crippen LogP contribution in [0.4, 0.5) is 5.69 Å². The maximum atomic E-state index is 12.7. The van der Waals surface area contributed by atoms with Gasteiger partial charge in [-0.25, -0.2) is 0 Å². The summed E-state index contributed by atoms with van der Waals surface area (Å²) < 4.78 is 22.0. The van der Waals surface area contributed by atoms with E-state index < -0.39 is 0 Å². The van der Waals surface area contributed by atoms with Gasteiger partial charge in [0.1, 0.15) is 6.61 Å². The second-order valence-corrected chi connectivity index (χ2v) is 6.13. The minimum Gasteiger partial charge on any atom is -0.493 e. The van der Waals surface area contributed by atoms with Crippen molar-refractivity contribution in [3.63, 3.8) is 0 Å². The minimum absolute atomic E-state index is 0.142. The summed E-state index contributed by atoms with van der Waals surface area (Å²) in [5, 5.41) is 2.85. The quantitative estimate of drug-likeness (QED) is 0.695. The Morgan fingerprint density at radius 2 is 1.86 bits per heavy atom. The lowest BCUT2D eigenvalue weighted by molar-refractivity contribution is 0.102. The van der Waals surface area contributed by atoms with Gasteiger partial charge >= 0.3 is 0 Å². The number of anilines is 1. The Balaban J connectivity index is 1.49. The van der Waals surface area contributed by atoms with Crippen molar-refractivity contribution in [2.24, 2.45) is 0 Å². The van der Waals surface area contributed by atoms with E-state index >= 15 is 0 Å². The molecule has 0 bridgehead atoms. The number of nitrogens with one attached hydrogen (secondary N) is 1. The molecule has 3 aromatic rings. The molecule has 0 atom stereocenters. The highest BCUT2D eigenvalue weighted by Crippen LogP contribution is 2.39. The van der Waals surface area contributed by atoms with Gasteiger partial charge < -0.3 is 24.3 Å². The molecular formula is C22H19NO5. The molecule has 6 nitrogen and oxygen atoms in total. The third-order valence-corrected chi connectivity index (χ3v) is 4.31. The molecule has 1 aliphatic heterocycles. The Morgan fingerprint density at radius 1 is 1.00 bits per heavy atom. The number of methoxy groups -OCH3 is 1. The molecule has 4 rings (SSSR count). The van der Waals surface area contributed by atoms with Crippen molar-refractivity contribution < 1.29 is 23.7 Å². The summed E-state index contributed by atoms with van der Waals surface area (Å²) >= 11 is 0. The van der Waals surface area contributed by atoms with E-state index in [0.717, 1.165) is 5.56 Å². The van der Waals surface area contributed by atoms with E-state index in [1.165, 1.54) is 0 Å². The molecule has 1 amide bonds. The zero-order valence-corrected chi connectivity index (χ0v) is 15.3. The summed E-state index contributed by atoms with van der Waals surface area (Å²) in [4.78, 5) is 12.7. The van der Waals surface area contributed by atoms with Gasteiger partial charge in [0.2, 0.25) is 6.79 Å². The van der Waals surface area contributed by atoms with Crippen LogP contribution in [0.5, 0.6) is 23.0 Å². The second-order valence-electron chi connectivity index (χ2n) is 6.13. The van der Waals surface area contributed by atoms with Crippen LogP contribution >= 0.6 is 0 Å². The van der Waals surface area contributed by atoms with Gasteiger partial charge in [0.25, 0.3) is 5.91 Å². The first-order chi connectivity index (χ1) is 13.7. The van der Waals surface area contributed by atoms with Crippen LogP contribution in [0.1, 0.15) is 15.9 Å². The summed E-state index contributed by atoms with van der Waals surface area (Å²) in [5.41, 5.74) is 2.05. The Hall–Kier alpha value is -3.67. The Morgan fingerprint density at radius 3 is 2.68 bits per heavy atom. The van der Waals surface area contributed by atoms with E-state index in [-0.39, 0.29) is 12.7 Å². The lowest BCUT2D eigenvalue weighted by Crippen LogP contribution is -2.12. The summed E-state index contributed by atoms with van der Waals surface area (Å²) in [6.45, 7) is 0.555. The molecule has 1 N–H and O–H groups in total. The standard InChI is InChI=1S/C22H19NO5/c1-25-20-12-16(10-11-18(20)26-13-15-6-3-2-4-7-15)22(24)23-17-8-5-9-19-21(17)28-14-27-19/h2-12H,13-14H2,1H3,(H,23,24). The van der Waals surface area contributed by atoms with E-state index in [0.29, 0.717) is 40.9 Å². The Bertz CT molecular complexity index is 987. The van der Waals surface area contributed by atoms with Crippen LogP contribution in [0.3, 0.4) is 0 Å². The predicted molar refractivity (Wildman–Crippen MR) is 104 cm³/mol. The molecular weight excluding hydrogens is 358 g/mol. The molecule has 0 fully saturated rings. The number of hydrogen-bond donors (Lipinski definition) is 1. The van der Waals surface area contributed by atoms with Gasteiger partial charge in [-0.3, -0.25) is 4.79 Å². The summed E-state index contributed by atoms with van der Waals surface area (Å²) in [5.74, 6) is 1.92. The summed E-state index contributed by atoms with van der Waals surface area (Å²) in [6, 6.07) is 20.3. The number of benzene rings is 3. The number of hydrogen-bond acceptors (Lipinski definition) is 5. The Labute approximate surface area is 162 Å². The number of carbonyl (C=O) groups excluding carboxylic acids is 1. The molecule has 0 radical (unpaired) electrons. The third kappa shape index (κ3) is 3.71. The molecule has 0 spiro atoms. The van der Waals surface area contributed by atoms with Gasteiger partial charge in [-0.15, -0.1) is 0 Å². The van der Waals surface area contributed by atoms with Crippen molar-refractivity contribution in [3.8, 4) is 23.0 Å². The predicted octanol–water partition coefficient (Wildman–Crippen LogP) is 4.26. The van der Waals surface area contributed by atoms with Crippen LogP contribution in [0.25, 0.3) is 0 Å². The summed E-state index contributed by atoms with van der Waals surface area (Å²) in [6.07, 6.45) is 0. The van der Waals surface area contributed by atoms with Gasteiger partial charge in [0.05, 0.1) is 12.8 Å². The van der Waals surface area contributed by atoms with Crippen molar-refractivity contribution in [2.75, 3.05) is 19.2 Å².